The largest absolute Gasteiger partial charge is 0.481 e. The molecule has 1 amide bonds. The van der Waals surface area contributed by atoms with Gasteiger partial charge in [-0.25, -0.2) is 0 Å². The molecule has 0 saturated carbocycles. The molecule has 0 bridgehead atoms. The molecule has 2 unspecified atom stereocenters. The van der Waals surface area contributed by atoms with Crippen LogP contribution in [0.2, 0.25) is 0 Å². The van der Waals surface area contributed by atoms with Crippen LogP contribution in [0.25, 0.3) is 11.0 Å². The first-order valence-electron chi connectivity index (χ1n) is 6.76. The highest BCUT2D eigenvalue weighted by Crippen LogP contribution is 2.25. The Bertz CT molecular complexity index is 744. The number of aliphatic carboxylic acids is 1. The minimum absolute atomic E-state index is 0.272. The zero-order valence-electron chi connectivity index (χ0n) is 11.5. The van der Waals surface area contributed by atoms with E-state index in [4.69, 9.17) is 9.52 Å². The third kappa shape index (κ3) is 2.42. The summed E-state index contributed by atoms with van der Waals surface area (Å²) in [6.45, 7) is 1.84. The number of aryl methyl sites for hydroxylation is 1. The number of furan rings is 1. The van der Waals surface area contributed by atoms with Crippen LogP contribution in [0, 0.1) is 12.8 Å². The van der Waals surface area contributed by atoms with Crippen molar-refractivity contribution in [1.29, 1.82) is 0 Å². The summed E-state index contributed by atoms with van der Waals surface area (Å²) in [6, 6.07) is 7.19. The first-order valence-corrected chi connectivity index (χ1v) is 6.76. The van der Waals surface area contributed by atoms with E-state index in [0.717, 1.165) is 10.9 Å². The second-order valence-corrected chi connectivity index (χ2v) is 5.20. The summed E-state index contributed by atoms with van der Waals surface area (Å²) in [5.41, 5.74) is 1.46. The Kier molecular flexibility index (Phi) is 3.25. The van der Waals surface area contributed by atoms with Gasteiger partial charge in [0.25, 0.3) is 5.91 Å². The van der Waals surface area contributed by atoms with Crippen LogP contribution in [0.15, 0.2) is 40.8 Å². The van der Waals surface area contributed by atoms with Gasteiger partial charge < -0.3 is 14.8 Å². The Morgan fingerprint density at radius 2 is 2.05 bits per heavy atom. The molecule has 2 atom stereocenters. The lowest BCUT2D eigenvalue weighted by molar-refractivity contribution is -0.140. The number of carboxylic acids is 1. The summed E-state index contributed by atoms with van der Waals surface area (Å²) < 4.78 is 5.59. The Hall–Kier alpha value is -2.56. The Labute approximate surface area is 121 Å². The summed E-state index contributed by atoms with van der Waals surface area (Å²) in [7, 11) is 0. The van der Waals surface area contributed by atoms with E-state index in [0.29, 0.717) is 12.0 Å². The molecule has 0 aliphatic heterocycles. The Morgan fingerprint density at radius 1 is 1.29 bits per heavy atom. The second kappa shape index (κ2) is 5.09. The molecule has 1 aromatic carbocycles. The normalized spacial score (nSPS) is 20.8. The number of carbonyl (C=O) groups is 2. The van der Waals surface area contributed by atoms with Gasteiger partial charge >= 0.3 is 5.97 Å². The third-order valence-electron chi connectivity index (χ3n) is 3.77. The van der Waals surface area contributed by atoms with Crippen molar-refractivity contribution in [2.45, 2.75) is 19.4 Å². The zero-order chi connectivity index (χ0) is 15.0. The Morgan fingerprint density at radius 3 is 2.71 bits per heavy atom. The number of hydrogen-bond donors (Lipinski definition) is 2. The molecule has 0 fully saturated rings. The van der Waals surface area contributed by atoms with E-state index in [9.17, 15) is 9.59 Å². The van der Waals surface area contributed by atoms with E-state index in [-0.39, 0.29) is 17.7 Å². The quantitative estimate of drug-likeness (QED) is 0.849. The maximum Gasteiger partial charge on any atom is 0.310 e. The third-order valence-corrected chi connectivity index (χ3v) is 3.77. The van der Waals surface area contributed by atoms with Gasteiger partial charge in [0.15, 0.2) is 5.76 Å². The van der Waals surface area contributed by atoms with Crippen LogP contribution in [0.1, 0.15) is 22.5 Å². The van der Waals surface area contributed by atoms with Crippen molar-refractivity contribution in [2.75, 3.05) is 0 Å². The van der Waals surface area contributed by atoms with Gasteiger partial charge in [-0.3, -0.25) is 9.59 Å². The number of carbonyl (C=O) groups excluding carboxylic acids is 1. The SMILES string of the molecule is Cc1c(C(=O)NC2C=CC(C(=O)O)C2)oc2ccccc12. The summed E-state index contributed by atoms with van der Waals surface area (Å²) in [6.07, 6.45) is 3.70. The fourth-order valence-electron chi connectivity index (χ4n) is 2.61. The van der Waals surface area contributed by atoms with Crippen molar-refractivity contribution in [3.05, 3.63) is 47.7 Å². The van der Waals surface area contributed by atoms with E-state index in [1.54, 1.807) is 12.2 Å². The predicted octanol–water partition coefficient (Wildman–Crippen LogP) is 2.50. The predicted molar refractivity (Wildman–Crippen MR) is 77.1 cm³/mol. The van der Waals surface area contributed by atoms with Crippen LogP contribution in [-0.4, -0.2) is 23.0 Å². The van der Waals surface area contributed by atoms with Crippen LogP contribution < -0.4 is 5.32 Å². The molecule has 0 saturated heterocycles. The Balaban J connectivity index is 1.78. The molecular weight excluding hydrogens is 270 g/mol. The van der Waals surface area contributed by atoms with Gasteiger partial charge in [0.1, 0.15) is 5.58 Å². The maximum atomic E-state index is 12.3. The van der Waals surface area contributed by atoms with Gasteiger partial charge in [-0.05, 0) is 19.4 Å². The van der Waals surface area contributed by atoms with Crippen molar-refractivity contribution in [2.24, 2.45) is 5.92 Å². The van der Waals surface area contributed by atoms with Crippen LogP contribution in [0.4, 0.5) is 0 Å². The highest BCUT2D eigenvalue weighted by atomic mass is 16.4. The van der Waals surface area contributed by atoms with Crippen LogP contribution in [0.5, 0.6) is 0 Å². The molecule has 0 spiro atoms. The maximum absolute atomic E-state index is 12.3. The number of amides is 1. The number of rotatable bonds is 3. The lowest BCUT2D eigenvalue weighted by Gasteiger charge is -2.11. The second-order valence-electron chi connectivity index (χ2n) is 5.20. The summed E-state index contributed by atoms with van der Waals surface area (Å²) in [5, 5.41) is 12.6. The fourth-order valence-corrected chi connectivity index (χ4v) is 2.61. The fraction of sp³-hybridized carbons (Fsp3) is 0.250. The highest BCUT2D eigenvalue weighted by molar-refractivity contribution is 5.99. The standard InChI is InChI=1S/C16H15NO4/c1-9-12-4-2-3-5-13(12)21-14(9)15(18)17-11-7-6-10(8-11)16(19)20/h2-7,10-11H,8H2,1H3,(H,17,18)(H,19,20). The first kappa shape index (κ1) is 13.4. The lowest BCUT2D eigenvalue weighted by Crippen LogP contribution is -2.33. The molecule has 1 heterocycles. The molecule has 2 N–H and O–H groups in total. The minimum Gasteiger partial charge on any atom is -0.481 e. The van der Waals surface area contributed by atoms with Gasteiger partial charge in [0.2, 0.25) is 0 Å². The van der Waals surface area contributed by atoms with E-state index >= 15 is 0 Å². The van der Waals surface area contributed by atoms with Crippen molar-refractivity contribution in [3.8, 4) is 0 Å². The molecule has 5 nitrogen and oxygen atoms in total. The number of carboxylic acid groups (broad SMARTS) is 1. The van der Waals surface area contributed by atoms with Crippen molar-refractivity contribution >= 4 is 22.8 Å². The monoisotopic (exact) mass is 285 g/mol. The van der Waals surface area contributed by atoms with E-state index < -0.39 is 11.9 Å². The van der Waals surface area contributed by atoms with Gasteiger partial charge in [0, 0.05) is 17.0 Å². The minimum atomic E-state index is -0.872. The molecule has 1 aliphatic rings. The van der Waals surface area contributed by atoms with E-state index in [2.05, 4.69) is 5.32 Å². The van der Waals surface area contributed by atoms with Crippen molar-refractivity contribution in [3.63, 3.8) is 0 Å². The molecule has 5 heteroatoms. The average Bonchev–Trinajstić information content (AvgIpc) is 3.05. The molecule has 21 heavy (non-hydrogen) atoms. The average molecular weight is 285 g/mol. The summed E-state index contributed by atoms with van der Waals surface area (Å²) >= 11 is 0. The lowest BCUT2D eigenvalue weighted by atomic mass is 10.1. The first-order chi connectivity index (χ1) is 10.1. The molecule has 0 radical (unpaired) electrons. The van der Waals surface area contributed by atoms with Crippen molar-refractivity contribution < 1.29 is 19.1 Å². The summed E-state index contributed by atoms with van der Waals surface area (Å²) in [4.78, 5) is 23.2. The number of fused-ring (bicyclic) bond motifs is 1. The van der Waals surface area contributed by atoms with Crippen LogP contribution in [-0.2, 0) is 4.79 Å². The summed E-state index contributed by atoms with van der Waals surface area (Å²) in [5.74, 6) is -1.44. The smallest absolute Gasteiger partial charge is 0.310 e. The topological polar surface area (TPSA) is 79.5 Å². The number of para-hydroxylation sites is 1. The number of nitrogens with one attached hydrogen (secondary N) is 1. The molecule has 108 valence electrons. The van der Waals surface area contributed by atoms with Gasteiger partial charge in [-0.15, -0.1) is 0 Å². The number of hydrogen-bond acceptors (Lipinski definition) is 3. The molecule has 2 aromatic rings. The molecule has 1 aromatic heterocycles. The van der Waals surface area contributed by atoms with Gasteiger partial charge in [-0.1, -0.05) is 30.4 Å². The van der Waals surface area contributed by atoms with Crippen LogP contribution >= 0.6 is 0 Å². The van der Waals surface area contributed by atoms with E-state index in [1.165, 1.54) is 0 Å². The molecule has 1 aliphatic carbocycles. The van der Waals surface area contributed by atoms with E-state index in [1.807, 2.05) is 31.2 Å². The molecule has 3 rings (SSSR count). The van der Waals surface area contributed by atoms with Gasteiger partial charge in [0.05, 0.1) is 5.92 Å². The highest BCUT2D eigenvalue weighted by Gasteiger charge is 2.27. The zero-order valence-corrected chi connectivity index (χ0v) is 11.5. The number of benzene rings is 1. The van der Waals surface area contributed by atoms with Crippen LogP contribution in [0.3, 0.4) is 0 Å². The van der Waals surface area contributed by atoms with Gasteiger partial charge in [-0.2, -0.15) is 0 Å². The van der Waals surface area contributed by atoms with Crippen molar-refractivity contribution in [1.82, 2.24) is 5.32 Å². The molecular formula is C16H15NO4.